The Morgan fingerprint density at radius 2 is 1.93 bits per heavy atom. The third-order valence-electron chi connectivity index (χ3n) is 3.59. The average molecular weight is 212 g/mol. The molecule has 1 N–H and O–H groups in total. The molecule has 0 aromatic heterocycles. The Labute approximate surface area is 88.4 Å². The van der Waals surface area contributed by atoms with Crippen molar-refractivity contribution in [3.8, 4) is 0 Å². The van der Waals surface area contributed by atoms with E-state index in [2.05, 4.69) is 5.32 Å². The van der Waals surface area contributed by atoms with Gasteiger partial charge < -0.3 is 5.32 Å². The summed E-state index contributed by atoms with van der Waals surface area (Å²) in [6.07, 6.45) is 5.03. The van der Waals surface area contributed by atoms with Gasteiger partial charge in [-0.05, 0) is 18.8 Å². The van der Waals surface area contributed by atoms with E-state index < -0.39 is 6.04 Å². The van der Waals surface area contributed by atoms with Crippen molar-refractivity contribution in [2.75, 3.05) is 0 Å². The van der Waals surface area contributed by atoms with Crippen molar-refractivity contribution >= 4 is 5.91 Å². The SMILES string of the molecule is O=C1CC[C@@H]([N+](=O)[O-])[C@@H](C2CCCC2)N1. The predicted molar refractivity (Wildman–Crippen MR) is 53.9 cm³/mol. The molecule has 0 spiro atoms. The van der Waals surface area contributed by atoms with Crippen molar-refractivity contribution in [3.05, 3.63) is 10.1 Å². The average Bonchev–Trinajstić information content (AvgIpc) is 2.69. The standard InChI is InChI=1S/C10H16N2O3/c13-9-6-5-8(12(14)15)10(11-9)7-3-1-2-4-7/h7-8,10H,1-6H2,(H,11,13)/t8-,10-/m1/s1. The lowest BCUT2D eigenvalue weighted by molar-refractivity contribution is -0.530. The molecule has 0 aromatic rings. The highest BCUT2D eigenvalue weighted by Crippen LogP contribution is 2.32. The Morgan fingerprint density at radius 1 is 1.27 bits per heavy atom. The van der Waals surface area contributed by atoms with E-state index in [9.17, 15) is 14.9 Å². The van der Waals surface area contributed by atoms with Gasteiger partial charge in [-0.1, -0.05) is 12.8 Å². The van der Waals surface area contributed by atoms with Crippen molar-refractivity contribution in [1.29, 1.82) is 0 Å². The lowest BCUT2D eigenvalue weighted by Gasteiger charge is -2.30. The summed E-state index contributed by atoms with van der Waals surface area (Å²) in [5.74, 6) is 0.301. The first-order chi connectivity index (χ1) is 7.18. The van der Waals surface area contributed by atoms with Crippen LogP contribution in [0.5, 0.6) is 0 Å². The minimum Gasteiger partial charge on any atom is -0.346 e. The second kappa shape index (κ2) is 4.16. The molecule has 5 nitrogen and oxygen atoms in total. The molecule has 2 aliphatic rings. The molecule has 1 aliphatic carbocycles. The Kier molecular flexibility index (Phi) is 2.88. The quantitative estimate of drug-likeness (QED) is 0.550. The molecule has 1 aliphatic heterocycles. The van der Waals surface area contributed by atoms with E-state index >= 15 is 0 Å². The summed E-state index contributed by atoms with van der Waals surface area (Å²) in [4.78, 5) is 21.9. The molecule has 5 heteroatoms. The van der Waals surface area contributed by atoms with Crippen molar-refractivity contribution in [1.82, 2.24) is 5.32 Å². The van der Waals surface area contributed by atoms with E-state index in [0.29, 0.717) is 18.8 Å². The van der Waals surface area contributed by atoms with Crippen molar-refractivity contribution in [3.63, 3.8) is 0 Å². The number of hydrogen-bond acceptors (Lipinski definition) is 3. The van der Waals surface area contributed by atoms with Gasteiger partial charge in [-0.3, -0.25) is 14.9 Å². The van der Waals surface area contributed by atoms with Gasteiger partial charge in [-0.2, -0.15) is 0 Å². The predicted octanol–water partition coefficient (Wildman–Crippen LogP) is 1.10. The Hall–Kier alpha value is -1.13. The van der Waals surface area contributed by atoms with Crippen LogP contribution in [0.4, 0.5) is 0 Å². The fourth-order valence-electron chi connectivity index (χ4n) is 2.80. The largest absolute Gasteiger partial charge is 0.346 e. The molecule has 1 amide bonds. The fourth-order valence-corrected chi connectivity index (χ4v) is 2.80. The fraction of sp³-hybridized carbons (Fsp3) is 0.900. The number of rotatable bonds is 2. The number of nitrogens with zero attached hydrogens (tertiary/aromatic N) is 1. The maximum Gasteiger partial charge on any atom is 0.233 e. The van der Waals surface area contributed by atoms with Crippen molar-refractivity contribution in [2.45, 2.75) is 50.6 Å². The summed E-state index contributed by atoms with van der Waals surface area (Å²) < 4.78 is 0. The van der Waals surface area contributed by atoms with Crippen LogP contribution >= 0.6 is 0 Å². The highest BCUT2D eigenvalue weighted by Gasteiger charge is 2.42. The Bertz CT molecular complexity index is 274. The van der Waals surface area contributed by atoms with Crippen LogP contribution in [0.2, 0.25) is 0 Å². The van der Waals surface area contributed by atoms with Gasteiger partial charge in [0.2, 0.25) is 11.9 Å². The molecular weight excluding hydrogens is 196 g/mol. The maximum atomic E-state index is 11.3. The second-order valence-corrected chi connectivity index (χ2v) is 4.53. The first-order valence-electron chi connectivity index (χ1n) is 5.61. The Balaban J connectivity index is 2.08. The monoisotopic (exact) mass is 212 g/mol. The molecule has 1 heterocycles. The molecule has 0 bridgehead atoms. The molecule has 0 radical (unpaired) electrons. The molecule has 1 saturated heterocycles. The van der Waals surface area contributed by atoms with Crippen LogP contribution in [0.1, 0.15) is 38.5 Å². The molecule has 1 saturated carbocycles. The first kappa shape index (κ1) is 10.4. The van der Waals surface area contributed by atoms with Crippen LogP contribution < -0.4 is 5.32 Å². The third kappa shape index (κ3) is 2.11. The molecular formula is C10H16N2O3. The lowest BCUT2D eigenvalue weighted by atomic mass is 9.87. The number of nitrogens with one attached hydrogen (secondary N) is 1. The topological polar surface area (TPSA) is 72.2 Å². The highest BCUT2D eigenvalue weighted by atomic mass is 16.6. The van der Waals surface area contributed by atoms with Crippen molar-refractivity contribution < 1.29 is 9.72 Å². The highest BCUT2D eigenvalue weighted by molar-refractivity contribution is 5.77. The molecule has 2 fully saturated rings. The number of carbonyl (C=O) groups excluding carboxylic acids is 1. The molecule has 2 rings (SSSR count). The summed E-state index contributed by atoms with van der Waals surface area (Å²) in [7, 11) is 0. The van der Waals surface area contributed by atoms with Crippen LogP contribution in [0, 0.1) is 16.0 Å². The van der Waals surface area contributed by atoms with E-state index in [4.69, 9.17) is 0 Å². The summed E-state index contributed by atoms with van der Waals surface area (Å²) >= 11 is 0. The van der Waals surface area contributed by atoms with Crippen molar-refractivity contribution in [2.24, 2.45) is 5.92 Å². The van der Waals surface area contributed by atoms with Crippen LogP contribution in [0.3, 0.4) is 0 Å². The van der Waals surface area contributed by atoms with E-state index in [1.807, 2.05) is 0 Å². The normalized spacial score (nSPS) is 32.7. The van der Waals surface area contributed by atoms with E-state index in [0.717, 1.165) is 25.7 Å². The lowest BCUT2D eigenvalue weighted by Crippen LogP contribution is -2.54. The summed E-state index contributed by atoms with van der Waals surface area (Å²) in [6.45, 7) is 0. The zero-order valence-electron chi connectivity index (χ0n) is 8.65. The van der Waals surface area contributed by atoms with Crippen LogP contribution in [-0.2, 0) is 4.79 Å². The van der Waals surface area contributed by atoms with Gasteiger partial charge in [0, 0.05) is 17.8 Å². The van der Waals surface area contributed by atoms with Gasteiger partial charge >= 0.3 is 0 Å². The van der Waals surface area contributed by atoms with Gasteiger partial charge in [0.25, 0.3) is 0 Å². The zero-order valence-corrected chi connectivity index (χ0v) is 8.65. The van der Waals surface area contributed by atoms with Crippen LogP contribution in [-0.4, -0.2) is 22.9 Å². The number of piperidine rings is 1. The summed E-state index contributed by atoms with van der Waals surface area (Å²) in [6, 6.07) is -0.783. The summed E-state index contributed by atoms with van der Waals surface area (Å²) in [5, 5.41) is 13.7. The number of hydrogen-bond donors (Lipinski definition) is 1. The second-order valence-electron chi connectivity index (χ2n) is 4.53. The molecule has 0 aromatic carbocycles. The van der Waals surface area contributed by atoms with Crippen LogP contribution in [0.25, 0.3) is 0 Å². The Morgan fingerprint density at radius 3 is 2.53 bits per heavy atom. The molecule has 15 heavy (non-hydrogen) atoms. The first-order valence-corrected chi connectivity index (χ1v) is 5.61. The van der Waals surface area contributed by atoms with E-state index in [1.54, 1.807) is 0 Å². The van der Waals surface area contributed by atoms with Gasteiger partial charge in [0.05, 0.1) is 6.04 Å². The minimum atomic E-state index is -0.564. The number of carbonyl (C=O) groups is 1. The van der Waals surface area contributed by atoms with Gasteiger partial charge in [-0.15, -0.1) is 0 Å². The third-order valence-corrected chi connectivity index (χ3v) is 3.59. The molecule has 2 atom stereocenters. The smallest absolute Gasteiger partial charge is 0.233 e. The number of amides is 1. The summed E-state index contributed by atoms with van der Waals surface area (Å²) in [5.41, 5.74) is 0. The van der Waals surface area contributed by atoms with Crippen LogP contribution in [0.15, 0.2) is 0 Å². The zero-order chi connectivity index (χ0) is 10.8. The van der Waals surface area contributed by atoms with Gasteiger partial charge in [-0.25, -0.2) is 0 Å². The van der Waals surface area contributed by atoms with Gasteiger partial charge in [0.1, 0.15) is 0 Å². The van der Waals surface area contributed by atoms with E-state index in [1.165, 1.54) is 0 Å². The molecule has 84 valence electrons. The van der Waals surface area contributed by atoms with E-state index in [-0.39, 0.29) is 16.9 Å². The minimum absolute atomic E-state index is 0.0231. The molecule has 0 unspecified atom stereocenters. The maximum absolute atomic E-state index is 11.3. The number of nitro groups is 1. The van der Waals surface area contributed by atoms with Gasteiger partial charge in [0.15, 0.2) is 0 Å².